The van der Waals surface area contributed by atoms with E-state index in [0.717, 1.165) is 38.1 Å². The van der Waals surface area contributed by atoms with Gasteiger partial charge in [0, 0.05) is 18.5 Å². The van der Waals surface area contributed by atoms with Gasteiger partial charge in [-0.05, 0) is 62.2 Å². The average molecular weight is 448 g/mol. The topological polar surface area (TPSA) is 77.6 Å². The van der Waals surface area contributed by atoms with E-state index in [9.17, 15) is 13.6 Å². The highest BCUT2D eigenvalue weighted by atomic mass is 19.1. The maximum atomic E-state index is 14.6. The number of carbonyl (C=O) groups is 1. The highest BCUT2D eigenvalue weighted by molar-refractivity contribution is 6.05. The number of hydrogen-bond donors (Lipinski definition) is 1. The molecule has 0 fully saturated rings. The van der Waals surface area contributed by atoms with Crippen molar-refractivity contribution >= 4 is 11.6 Å². The second-order valence-electron chi connectivity index (χ2n) is 8.08. The first-order chi connectivity index (χ1) is 16.0. The summed E-state index contributed by atoms with van der Waals surface area (Å²) in [7, 11) is 0. The van der Waals surface area contributed by atoms with Crippen molar-refractivity contribution in [1.29, 1.82) is 0 Å². The van der Waals surface area contributed by atoms with E-state index in [0.29, 0.717) is 28.3 Å². The molecule has 4 aromatic rings. The van der Waals surface area contributed by atoms with Gasteiger partial charge >= 0.3 is 0 Å². The lowest BCUT2D eigenvalue weighted by Gasteiger charge is -2.11. The fourth-order valence-electron chi connectivity index (χ4n) is 4.12. The van der Waals surface area contributed by atoms with E-state index in [1.807, 2.05) is 0 Å². The normalized spacial score (nSPS) is 13.4. The molecular weight excluding hydrogens is 426 g/mol. The Morgan fingerprint density at radius 1 is 1.03 bits per heavy atom. The number of carbonyl (C=O) groups excluding carboxylic acids is 1. The van der Waals surface area contributed by atoms with E-state index in [-0.39, 0.29) is 11.5 Å². The predicted octanol–water partition coefficient (Wildman–Crippen LogP) is 4.70. The lowest BCUT2D eigenvalue weighted by atomic mass is 10.1. The molecule has 0 spiro atoms. The number of aryl methyl sites for hydroxylation is 1. The zero-order valence-corrected chi connectivity index (χ0v) is 18.1. The van der Waals surface area contributed by atoms with Crippen molar-refractivity contribution in [2.75, 3.05) is 5.32 Å². The quantitative estimate of drug-likeness (QED) is 0.491. The van der Waals surface area contributed by atoms with Crippen LogP contribution in [0.3, 0.4) is 0 Å². The van der Waals surface area contributed by atoms with E-state index < -0.39 is 11.7 Å². The van der Waals surface area contributed by atoms with Crippen molar-refractivity contribution in [2.45, 2.75) is 39.2 Å². The van der Waals surface area contributed by atoms with Crippen LogP contribution in [0.5, 0.6) is 0 Å². The first kappa shape index (κ1) is 21.0. The maximum Gasteiger partial charge on any atom is 0.259 e. The highest BCUT2D eigenvalue weighted by Gasteiger charge is 2.20. The molecule has 0 atom stereocenters. The molecular formula is C24H22F2N6O. The van der Waals surface area contributed by atoms with E-state index in [4.69, 9.17) is 0 Å². The first-order valence-corrected chi connectivity index (χ1v) is 10.8. The number of rotatable bonds is 4. The predicted molar refractivity (Wildman–Crippen MR) is 119 cm³/mol. The second kappa shape index (κ2) is 8.57. The number of fused-ring (bicyclic) bond motifs is 1. The van der Waals surface area contributed by atoms with Gasteiger partial charge < -0.3 is 9.88 Å². The van der Waals surface area contributed by atoms with Crippen LogP contribution in [0.25, 0.3) is 17.1 Å². The molecule has 0 saturated heterocycles. The zero-order chi connectivity index (χ0) is 22.9. The Hall–Kier alpha value is -3.88. The summed E-state index contributed by atoms with van der Waals surface area (Å²) in [5.41, 5.74) is 2.20. The van der Waals surface area contributed by atoms with Crippen LogP contribution in [0.2, 0.25) is 0 Å². The van der Waals surface area contributed by atoms with Crippen molar-refractivity contribution in [3.05, 3.63) is 77.4 Å². The van der Waals surface area contributed by atoms with Gasteiger partial charge in [-0.3, -0.25) is 4.79 Å². The number of anilines is 1. The number of halogens is 2. The molecule has 2 aromatic heterocycles. The van der Waals surface area contributed by atoms with Gasteiger partial charge in [-0.1, -0.05) is 6.42 Å². The number of hydrogen-bond acceptors (Lipinski definition) is 4. The first-order valence-electron chi connectivity index (χ1n) is 10.8. The molecule has 9 heteroatoms. The SMILES string of the molecule is Cc1c(C(=O)Nc2cc(-c3nnc4n3CCCCC4)ccc2F)cnn1-c1ccc(F)cc1. The van der Waals surface area contributed by atoms with Crippen molar-refractivity contribution < 1.29 is 13.6 Å². The molecule has 33 heavy (non-hydrogen) atoms. The second-order valence-corrected chi connectivity index (χ2v) is 8.08. The summed E-state index contributed by atoms with van der Waals surface area (Å²) >= 11 is 0. The fraction of sp³-hybridized carbons (Fsp3) is 0.250. The van der Waals surface area contributed by atoms with E-state index in [1.54, 1.807) is 31.2 Å². The van der Waals surface area contributed by atoms with E-state index in [2.05, 4.69) is 25.2 Å². The highest BCUT2D eigenvalue weighted by Crippen LogP contribution is 2.27. The van der Waals surface area contributed by atoms with Crippen LogP contribution < -0.4 is 5.32 Å². The number of amides is 1. The van der Waals surface area contributed by atoms with Crippen molar-refractivity contribution in [2.24, 2.45) is 0 Å². The average Bonchev–Trinajstić information content (AvgIpc) is 3.31. The van der Waals surface area contributed by atoms with Gasteiger partial charge in [0.2, 0.25) is 0 Å². The van der Waals surface area contributed by atoms with Crippen LogP contribution in [0.1, 0.15) is 41.1 Å². The number of aromatic nitrogens is 5. The minimum absolute atomic E-state index is 0.0532. The summed E-state index contributed by atoms with van der Waals surface area (Å²) in [6.07, 6.45) is 5.54. The third-order valence-electron chi connectivity index (χ3n) is 5.91. The molecule has 168 valence electrons. The molecule has 1 amide bonds. The van der Waals surface area contributed by atoms with Crippen LogP contribution in [-0.4, -0.2) is 30.5 Å². The van der Waals surface area contributed by atoms with Gasteiger partial charge in [0.25, 0.3) is 5.91 Å². The van der Waals surface area contributed by atoms with E-state index >= 15 is 0 Å². The van der Waals surface area contributed by atoms with Gasteiger partial charge in [-0.25, -0.2) is 13.5 Å². The van der Waals surface area contributed by atoms with Gasteiger partial charge in [-0.2, -0.15) is 5.10 Å². The minimum Gasteiger partial charge on any atom is -0.319 e. The largest absolute Gasteiger partial charge is 0.319 e. The Kier molecular flexibility index (Phi) is 5.45. The molecule has 1 aliphatic heterocycles. The van der Waals surface area contributed by atoms with Crippen LogP contribution in [0.15, 0.2) is 48.7 Å². The molecule has 2 aromatic carbocycles. The van der Waals surface area contributed by atoms with Gasteiger partial charge in [0.05, 0.1) is 28.8 Å². The number of benzene rings is 2. The molecule has 0 bridgehead atoms. The number of nitrogens with zero attached hydrogens (tertiary/aromatic N) is 5. The summed E-state index contributed by atoms with van der Waals surface area (Å²) in [6, 6.07) is 10.3. The van der Waals surface area contributed by atoms with Gasteiger partial charge in [0.1, 0.15) is 17.5 Å². The third-order valence-corrected chi connectivity index (χ3v) is 5.91. The summed E-state index contributed by atoms with van der Waals surface area (Å²) in [5.74, 6) is 0.202. The minimum atomic E-state index is -0.550. The summed E-state index contributed by atoms with van der Waals surface area (Å²) in [4.78, 5) is 12.9. The molecule has 1 aliphatic rings. The monoisotopic (exact) mass is 448 g/mol. The Morgan fingerprint density at radius 2 is 1.85 bits per heavy atom. The summed E-state index contributed by atoms with van der Waals surface area (Å²) in [5, 5.41) is 15.5. The lowest BCUT2D eigenvalue weighted by molar-refractivity contribution is 0.102. The molecule has 0 saturated carbocycles. The molecule has 7 nitrogen and oxygen atoms in total. The molecule has 1 N–H and O–H groups in total. The van der Waals surface area contributed by atoms with Crippen LogP contribution in [0, 0.1) is 18.6 Å². The molecule has 3 heterocycles. The van der Waals surface area contributed by atoms with Crippen molar-refractivity contribution in [1.82, 2.24) is 24.5 Å². The Morgan fingerprint density at radius 3 is 2.67 bits per heavy atom. The summed E-state index contributed by atoms with van der Waals surface area (Å²) < 4.78 is 31.4. The zero-order valence-electron chi connectivity index (χ0n) is 18.1. The van der Waals surface area contributed by atoms with Gasteiger partial charge in [-0.15, -0.1) is 10.2 Å². The molecule has 0 aliphatic carbocycles. The fourth-order valence-corrected chi connectivity index (χ4v) is 4.12. The van der Waals surface area contributed by atoms with Crippen LogP contribution in [-0.2, 0) is 13.0 Å². The smallest absolute Gasteiger partial charge is 0.259 e. The maximum absolute atomic E-state index is 14.6. The lowest BCUT2D eigenvalue weighted by Crippen LogP contribution is -2.14. The third kappa shape index (κ3) is 4.02. The molecule has 5 rings (SSSR count). The molecule has 0 unspecified atom stereocenters. The standard InChI is InChI=1S/C24H22F2N6O/c1-15-19(14-27-32(15)18-9-7-17(25)8-10-18)24(33)28-21-13-16(6-11-20(21)26)23-30-29-22-5-3-2-4-12-31(22)23/h6-11,13-14H,2-5,12H2,1H3,(H,28,33). The number of nitrogens with one attached hydrogen (secondary N) is 1. The van der Waals surface area contributed by atoms with Crippen molar-refractivity contribution in [3.63, 3.8) is 0 Å². The molecule has 0 radical (unpaired) electrons. The Bertz CT molecular complexity index is 1330. The van der Waals surface area contributed by atoms with Crippen LogP contribution in [0.4, 0.5) is 14.5 Å². The van der Waals surface area contributed by atoms with Crippen molar-refractivity contribution in [3.8, 4) is 17.1 Å². The van der Waals surface area contributed by atoms with Gasteiger partial charge in [0.15, 0.2) is 5.82 Å². The van der Waals surface area contributed by atoms with E-state index in [1.165, 1.54) is 29.1 Å². The van der Waals surface area contributed by atoms with Crippen LogP contribution >= 0.6 is 0 Å². The Balaban J connectivity index is 1.42. The Labute approximate surface area is 189 Å². The summed E-state index contributed by atoms with van der Waals surface area (Å²) in [6.45, 7) is 2.54.